The van der Waals surface area contributed by atoms with E-state index in [4.69, 9.17) is 34.4 Å². The molecular formula is C72H109N19O22. The van der Waals surface area contributed by atoms with Crippen molar-refractivity contribution in [3.63, 3.8) is 0 Å². The highest BCUT2D eigenvalue weighted by Crippen LogP contribution is 2.23. The van der Waals surface area contributed by atoms with Gasteiger partial charge in [-0.1, -0.05) is 70.2 Å². The van der Waals surface area contributed by atoms with Crippen molar-refractivity contribution in [3.8, 4) is 5.75 Å². The number of hydrogen-bond donors (Lipinski definition) is 21. The lowest BCUT2D eigenvalue weighted by Crippen LogP contribution is -2.61. The number of carboxylic acids is 3. The van der Waals surface area contributed by atoms with Crippen LogP contribution in [0.4, 0.5) is 0 Å². The number of carbonyl (C=O) groups is 17. The van der Waals surface area contributed by atoms with E-state index < -0.39 is 218 Å². The molecule has 0 aromatic heterocycles. The molecule has 13 atom stereocenters. The zero-order valence-corrected chi connectivity index (χ0v) is 63.6. The van der Waals surface area contributed by atoms with E-state index in [0.717, 1.165) is 9.80 Å². The first-order valence-electron chi connectivity index (χ1n) is 37.1. The topological polar surface area (TPSA) is 687 Å². The molecule has 2 saturated heterocycles. The number of amides is 14. The summed E-state index contributed by atoms with van der Waals surface area (Å²) in [6.07, 6.45) is -4.80. The number of unbranched alkanes of at least 4 members (excludes halogenated alkanes) is 1. The molecule has 2 aromatic carbocycles. The number of carbonyl (C=O) groups excluding carboxylic acids is 14. The molecule has 27 N–H and O–H groups in total. The van der Waals surface area contributed by atoms with Gasteiger partial charge in [0.15, 0.2) is 5.96 Å². The van der Waals surface area contributed by atoms with Crippen LogP contribution in [0.15, 0.2) is 59.6 Å². The third-order valence-electron chi connectivity index (χ3n) is 18.3. The second kappa shape index (κ2) is 46.9. The van der Waals surface area contributed by atoms with Gasteiger partial charge in [0.25, 0.3) is 0 Å². The Kier molecular flexibility index (Phi) is 38.9. The summed E-state index contributed by atoms with van der Waals surface area (Å²) in [5.41, 5.74) is 34.7. The molecule has 0 aliphatic carbocycles. The summed E-state index contributed by atoms with van der Waals surface area (Å²) in [6, 6.07) is -7.15. The van der Waals surface area contributed by atoms with Crippen LogP contribution in [0.25, 0.3) is 0 Å². The lowest BCUT2D eigenvalue weighted by atomic mass is 9.98. The van der Waals surface area contributed by atoms with Gasteiger partial charge in [0, 0.05) is 38.9 Å². The standard InChI is InChI=1S/C72H109N19O22/c1-37(2)29-46(84-63(104)47(30-38(3)4)85-65(106)48(83-59(100)42(74)36-92)31-39-13-6-5-7-14-39)62(103)81-44(16-10-26-79-72(77)78)61(102)89-52(34-56(76)95)70(111)90-27-11-17-53(90)68(109)88-50(33-55(75)94)66(107)87-51(35-58(98)99)67(108)80-43(15-8-9-25-73)60(101)86-49(32-40-19-21-41(93)22-20-40)64(105)82-45(23-24-57(96)97)69(110)91-28-12-18-54(91)71(112)113/h5-7,13-14,19-22,37-38,42-54,92-93H,8-12,15-18,23-36,73-74H2,1-4H3,(H2,75,94)(H2,76,95)(H,80,108)(H,81,103)(H,82,105)(H,83,100)(H,84,104)(H,85,106)(H,86,101)(H,87,107)(H,88,109)(H,89,102)(H,96,97)(H,98,99)(H,112,113)(H4,77,78,79)/t42-,43-,44-,45-,46-,47-,48-,49-,50-,51-,52-,53-,54-/m0/s1. The van der Waals surface area contributed by atoms with Crippen LogP contribution in [0.1, 0.15) is 142 Å². The van der Waals surface area contributed by atoms with Gasteiger partial charge >= 0.3 is 17.9 Å². The number of hydrogen-bond acceptors (Lipinski definition) is 22. The van der Waals surface area contributed by atoms with Crippen LogP contribution in [-0.2, 0) is 94.3 Å². The van der Waals surface area contributed by atoms with Gasteiger partial charge < -0.3 is 123 Å². The predicted molar refractivity (Wildman–Crippen MR) is 402 cm³/mol. The molecule has 624 valence electrons. The van der Waals surface area contributed by atoms with Crippen LogP contribution in [0.2, 0.25) is 0 Å². The van der Waals surface area contributed by atoms with Gasteiger partial charge in [-0.05, 0) is 119 Å². The van der Waals surface area contributed by atoms with Crippen molar-refractivity contribution in [3.05, 3.63) is 65.7 Å². The maximum Gasteiger partial charge on any atom is 0.326 e. The van der Waals surface area contributed by atoms with Crippen molar-refractivity contribution >= 4 is 107 Å². The Labute approximate surface area is 651 Å². The third-order valence-corrected chi connectivity index (χ3v) is 18.3. The minimum absolute atomic E-state index is 0.0130. The largest absolute Gasteiger partial charge is 0.508 e. The van der Waals surface area contributed by atoms with E-state index in [1.807, 2.05) is 0 Å². The molecule has 0 bridgehead atoms. The number of guanidine groups is 1. The summed E-state index contributed by atoms with van der Waals surface area (Å²) in [4.78, 5) is 239. The Morgan fingerprint density at radius 2 is 0.867 bits per heavy atom. The highest BCUT2D eigenvalue weighted by Gasteiger charge is 2.43. The summed E-state index contributed by atoms with van der Waals surface area (Å²) in [5, 5.41) is 73.7. The summed E-state index contributed by atoms with van der Waals surface area (Å²) in [5.74, 6) is -20.5. The Hall–Kier alpha value is -11.6. The predicted octanol–water partition coefficient (Wildman–Crippen LogP) is -6.22. The highest BCUT2D eigenvalue weighted by molar-refractivity contribution is 6.02. The number of aliphatic imine (C=N–C) groups is 1. The highest BCUT2D eigenvalue weighted by atomic mass is 16.4. The average Bonchev–Trinajstić information content (AvgIpc) is 1.70. The van der Waals surface area contributed by atoms with E-state index in [0.29, 0.717) is 11.1 Å². The lowest BCUT2D eigenvalue weighted by molar-refractivity contribution is -0.150. The number of nitrogens with two attached hydrogens (primary N) is 6. The molecule has 2 heterocycles. The molecule has 2 aliphatic rings. The first-order chi connectivity index (χ1) is 53.3. The number of phenols is 1. The SMILES string of the molecule is CC(C)C[C@H](NC(=O)[C@H](CC(C)C)NC(=O)[C@H](Cc1ccccc1)NC(=O)[C@@H](N)CO)C(=O)N[C@@H](CCCN=C(N)N)C(=O)N[C@@H](CC(N)=O)C(=O)N1CCC[C@H]1C(=O)N[C@@H](CC(N)=O)C(=O)N[C@@H](CC(=O)O)C(=O)N[C@@H](CCCCN)C(=O)N[C@@H](Cc1ccc(O)cc1)C(=O)N[C@@H](CCC(=O)O)C(=O)N1CCC[C@H]1C(=O)O. The Bertz CT molecular complexity index is 3700. The molecule has 2 aromatic rings. The van der Waals surface area contributed by atoms with E-state index in [-0.39, 0.29) is 133 Å². The molecule has 0 saturated carbocycles. The van der Waals surface area contributed by atoms with Crippen molar-refractivity contribution in [2.45, 2.75) is 222 Å². The number of rotatable bonds is 49. The van der Waals surface area contributed by atoms with Gasteiger partial charge in [0.1, 0.15) is 84.3 Å². The molecular weight excluding hydrogens is 1480 g/mol. The zero-order chi connectivity index (χ0) is 84.3. The second-order valence-corrected chi connectivity index (χ2v) is 28.5. The van der Waals surface area contributed by atoms with Gasteiger partial charge in [-0.15, -0.1) is 0 Å². The van der Waals surface area contributed by atoms with Gasteiger partial charge in [0.2, 0.25) is 82.7 Å². The second-order valence-electron chi connectivity index (χ2n) is 28.5. The molecule has 41 nitrogen and oxygen atoms in total. The molecule has 0 spiro atoms. The van der Waals surface area contributed by atoms with E-state index in [9.17, 15) is 107 Å². The fraction of sp³-hybridized carbons (Fsp3) is 0.583. The Balaban J connectivity index is 1.61. The maximum atomic E-state index is 14.7. The lowest BCUT2D eigenvalue weighted by Gasteiger charge is -2.31. The number of benzene rings is 2. The normalized spacial score (nSPS) is 16.8. The van der Waals surface area contributed by atoms with E-state index in [1.165, 1.54) is 24.3 Å². The van der Waals surface area contributed by atoms with E-state index in [1.54, 1.807) is 58.0 Å². The quantitative estimate of drug-likeness (QED) is 0.0166. The summed E-state index contributed by atoms with van der Waals surface area (Å²) in [6.45, 7) is 5.93. The fourth-order valence-corrected chi connectivity index (χ4v) is 12.6. The van der Waals surface area contributed by atoms with Crippen molar-refractivity contribution in [1.29, 1.82) is 0 Å². The number of nitrogens with zero attached hydrogens (tertiary/aromatic N) is 3. The molecule has 4 rings (SSSR count). The number of aromatic hydroxyl groups is 1. The van der Waals surface area contributed by atoms with Crippen LogP contribution >= 0.6 is 0 Å². The molecule has 2 aliphatic heterocycles. The van der Waals surface area contributed by atoms with Gasteiger partial charge in [-0.2, -0.15) is 0 Å². The van der Waals surface area contributed by atoms with E-state index >= 15 is 0 Å². The number of phenolic OH excluding ortho intramolecular Hbond substituents is 1. The first-order valence-corrected chi connectivity index (χ1v) is 37.1. The van der Waals surface area contributed by atoms with Crippen LogP contribution < -0.4 is 87.6 Å². The van der Waals surface area contributed by atoms with E-state index in [2.05, 4.69) is 58.2 Å². The van der Waals surface area contributed by atoms with Gasteiger partial charge in [-0.3, -0.25) is 81.7 Å². The number of likely N-dealkylation sites (tertiary alicyclic amines) is 2. The number of aliphatic hydroxyl groups excluding tert-OH is 1. The first kappa shape index (κ1) is 93.8. The number of carboxylic acid groups (broad SMARTS) is 3. The van der Waals surface area contributed by atoms with Crippen LogP contribution in [0.3, 0.4) is 0 Å². The van der Waals surface area contributed by atoms with Crippen molar-refractivity contribution in [1.82, 2.24) is 63.0 Å². The van der Waals surface area contributed by atoms with Crippen LogP contribution in [0, 0.1) is 11.8 Å². The minimum atomic E-state index is -2.13. The number of primary amides is 2. The number of aliphatic hydroxyl groups is 1. The summed E-state index contributed by atoms with van der Waals surface area (Å²) in [7, 11) is 0. The zero-order valence-electron chi connectivity index (χ0n) is 63.6. The summed E-state index contributed by atoms with van der Waals surface area (Å²) >= 11 is 0. The summed E-state index contributed by atoms with van der Waals surface area (Å²) < 4.78 is 0. The van der Waals surface area contributed by atoms with Crippen molar-refractivity contribution < 1.29 is 107 Å². The van der Waals surface area contributed by atoms with Crippen LogP contribution in [0.5, 0.6) is 5.75 Å². The number of nitrogens with one attached hydrogen (secondary N) is 10. The number of aliphatic carboxylic acids is 3. The smallest absolute Gasteiger partial charge is 0.326 e. The minimum Gasteiger partial charge on any atom is -0.508 e. The molecule has 0 radical (unpaired) electrons. The monoisotopic (exact) mass is 1590 g/mol. The maximum absolute atomic E-state index is 14.7. The molecule has 2 fully saturated rings. The fourth-order valence-electron chi connectivity index (χ4n) is 12.6. The molecule has 0 unspecified atom stereocenters. The molecule has 113 heavy (non-hydrogen) atoms. The Morgan fingerprint density at radius 3 is 1.35 bits per heavy atom. The third kappa shape index (κ3) is 32.3. The molecule has 14 amide bonds. The molecule has 41 heteroatoms. The average molecular weight is 1590 g/mol. The van der Waals surface area contributed by atoms with Crippen LogP contribution in [-0.4, -0.2) is 253 Å². The Morgan fingerprint density at radius 1 is 0.460 bits per heavy atom. The van der Waals surface area contributed by atoms with Gasteiger partial charge in [-0.25, -0.2) is 4.79 Å². The van der Waals surface area contributed by atoms with Crippen molar-refractivity contribution in [2.24, 2.45) is 51.2 Å². The van der Waals surface area contributed by atoms with Crippen molar-refractivity contribution in [2.75, 3.05) is 32.8 Å². The van der Waals surface area contributed by atoms with Gasteiger partial charge in [0.05, 0.1) is 25.9 Å².